The molecule has 0 aliphatic carbocycles. The van der Waals surface area contributed by atoms with Crippen LogP contribution in [0.1, 0.15) is 106 Å². The highest BCUT2D eigenvalue weighted by molar-refractivity contribution is 5.88. The summed E-state index contributed by atoms with van der Waals surface area (Å²) >= 11 is 0. The van der Waals surface area contributed by atoms with E-state index in [1.54, 1.807) is 41.7 Å². The first-order chi connectivity index (χ1) is 31.6. The Morgan fingerprint density at radius 2 is 1.37 bits per heavy atom. The summed E-state index contributed by atoms with van der Waals surface area (Å²) < 4.78 is 53.0. The summed E-state index contributed by atoms with van der Waals surface area (Å²) in [5.74, 6) is -3.55. The molecule has 15 heteroatoms. The van der Waals surface area contributed by atoms with E-state index in [-0.39, 0.29) is 38.0 Å². The zero-order chi connectivity index (χ0) is 49.4. The zero-order valence-corrected chi connectivity index (χ0v) is 42.5. The third-order valence-corrected chi connectivity index (χ3v) is 14.8. The van der Waals surface area contributed by atoms with Gasteiger partial charge in [0.15, 0.2) is 12.6 Å². The first kappa shape index (κ1) is 54.9. The topological polar surface area (TPSA) is 176 Å². The molecule has 3 heterocycles. The summed E-state index contributed by atoms with van der Waals surface area (Å²) in [5, 5.41) is 40.3. The Labute approximate surface area is 399 Å². The first-order valence-corrected chi connectivity index (χ1v) is 24.2. The molecule has 15 nitrogen and oxygen atoms in total. The molecule has 0 saturated carbocycles. The number of cyclic esters (lactones) is 1. The lowest BCUT2D eigenvalue weighted by atomic mass is 9.73. The number of hydrogen-bond donors (Lipinski definition) is 3. The van der Waals surface area contributed by atoms with Crippen molar-refractivity contribution in [2.45, 2.75) is 192 Å². The van der Waals surface area contributed by atoms with Gasteiger partial charge in [0.1, 0.15) is 30.5 Å². The molecule has 0 amide bonds. The van der Waals surface area contributed by atoms with Crippen molar-refractivity contribution in [2.24, 2.45) is 28.8 Å². The summed E-state index contributed by atoms with van der Waals surface area (Å²) in [6, 6.07) is 19.5. The molecule has 0 aromatic heterocycles. The lowest BCUT2D eigenvalue weighted by Gasteiger charge is -2.50. The van der Waals surface area contributed by atoms with Crippen LogP contribution in [0.15, 0.2) is 65.8 Å². The highest BCUT2D eigenvalue weighted by Crippen LogP contribution is 2.42. The SMILES string of the molecule is CC[C@H]1OC(=O)[C@H](C)[C@@H](O[C@H]2C[C@@](C)(OC)[C@@H](O)[C@H](C)O2)[C@H](C)[C@@H](O[C@@H]2O[C@H](C)C[C@H](N(C)C)[C@H]2OCc2ccccc2)[C@](C)(OC)C[C@@H](C)/C(=N\OCc2ccccc2)[C@H](C)[C@@H](O)[C@]1(C)O. The van der Waals surface area contributed by atoms with Crippen LogP contribution in [-0.4, -0.2) is 144 Å². The van der Waals surface area contributed by atoms with Crippen molar-refractivity contribution in [1.29, 1.82) is 0 Å². The lowest BCUT2D eigenvalue weighted by molar-refractivity contribution is -0.323. The van der Waals surface area contributed by atoms with E-state index in [1.807, 2.05) is 102 Å². The lowest BCUT2D eigenvalue weighted by Crippen LogP contribution is -2.61. The number of rotatable bonds is 14. The number of hydrogen-bond acceptors (Lipinski definition) is 15. The summed E-state index contributed by atoms with van der Waals surface area (Å²) in [6.07, 6.45) is -7.41. The Morgan fingerprint density at radius 1 is 0.776 bits per heavy atom. The molecule has 0 radical (unpaired) electrons. The fraction of sp³-hybridized carbons (Fsp3) is 0.731. The Morgan fingerprint density at radius 3 is 1.94 bits per heavy atom. The van der Waals surface area contributed by atoms with E-state index in [0.717, 1.165) is 11.1 Å². The van der Waals surface area contributed by atoms with Gasteiger partial charge < -0.3 is 63.0 Å². The molecule has 3 aliphatic rings. The van der Waals surface area contributed by atoms with Crippen molar-refractivity contribution < 1.29 is 62.8 Å². The molecule has 67 heavy (non-hydrogen) atoms. The summed E-state index contributed by atoms with van der Waals surface area (Å²) in [7, 11) is 7.20. The summed E-state index contributed by atoms with van der Waals surface area (Å²) in [5.41, 5.74) is -1.77. The number of ether oxygens (including phenoxy) is 8. The molecule has 3 N–H and O–H groups in total. The number of carbonyl (C=O) groups is 1. The van der Waals surface area contributed by atoms with E-state index in [4.69, 9.17) is 47.9 Å². The number of likely N-dealkylation sites (N-methyl/N-ethyl adjacent to an activating group) is 1. The van der Waals surface area contributed by atoms with Crippen molar-refractivity contribution in [2.75, 3.05) is 28.3 Å². The monoisotopic (exact) mass is 943 g/mol. The second-order valence-corrected chi connectivity index (χ2v) is 20.3. The number of aliphatic hydroxyl groups is 3. The van der Waals surface area contributed by atoms with Crippen LogP contribution in [0.5, 0.6) is 0 Å². The standard InChI is InChI=1S/C52H82N2O13/c1-15-40-52(10,58)45(55)33(4)42(53-62-30-38-24-20-17-21-25-38)31(2)27-51(9,60-14)47(67-49-44(39(54(11)12)26-32(3)63-49)61-29-37-22-18-16-19-23-37)34(5)43(35(6)48(57)65-40)66-41-28-50(8,59-13)46(56)36(7)64-41/h16-25,31-36,39-41,43-47,49,55-56,58H,15,26-30H2,1-14H3/b53-42+/t31-,32-,33+,34+,35-,36+,39+,40-,41+,43+,44-,45-,46+,47-,49+,50-,51-,52-/m1/s1. The van der Waals surface area contributed by atoms with E-state index in [2.05, 4.69) is 4.90 Å². The van der Waals surface area contributed by atoms with Gasteiger partial charge in [0, 0.05) is 44.4 Å². The molecule has 2 aromatic rings. The van der Waals surface area contributed by atoms with E-state index in [9.17, 15) is 20.1 Å². The molecule has 0 bridgehead atoms. The maximum absolute atomic E-state index is 14.7. The number of carbonyl (C=O) groups excluding carboxylic acids is 1. The van der Waals surface area contributed by atoms with Gasteiger partial charge in [0.05, 0.1) is 60.0 Å². The molecule has 3 fully saturated rings. The molecule has 3 aliphatic heterocycles. The van der Waals surface area contributed by atoms with Crippen LogP contribution in [0.25, 0.3) is 0 Å². The number of benzene rings is 2. The van der Waals surface area contributed by atoms with Crippen LogP contribution < -0.4 is 0 Å². The molecule has 0 unspecified atom stereocenters. The first-order valence-electron chi connectivity index (χ1n) is 24.2. The van der Waals surface area contributed by atoms with Crippen LogP contribution in [0.3, 0.4) is 0 Å². The number of esters is 1. The van der Waals surface area contributed by atoms with Gasteiger partial charge in [-0.25, -0.2) is 0 Å². The second-order valence-electron chi connectivity index (χ2n) is 20.3. The molecule has 378 valence electrons. The number of oxime groups is 1. The largest absolute Gasteiger partial charge is 0.459 e. The maximum Gasteiger partial charge on any atom is 0.311 e. The molecular weight excluding hydrogens is 861 g/mol. The van der Waals surface area contributed by atoms with Crippen molar-refractivity contribution in [3.8, 4) is 0 Å². The Kier molecular flexibility index (Phi) is 19.4. The van der Waals surface area contributed by atoms with Crippen molar-refractivity contribution in [1.82, 2.24) is 4.90 Å². The average Bonchev–Trinajstić information content (AvgIpc) is 3.30. The normalized spacial score (nSPS) is 41.1. The zero-order valence-electron chi connectivity index (χ0n) is 42.5. The smallest absolute Gasteiger partial charge is 0.311 e. The second kappa shape index (κ2) is 23.7. The predicted molar refractivity (Wildman–Crippen MR) is 254 cm³/mol. The Hall–Kier alpha value is -3.06. The highest BCUT2D eigenvalue weighted by Gasteiger charge is 2.54. The number of aliphatic hydroxyl groups excluding tert-OH is 2. The van der Waals surface area contributed by atoms with Gasteiger partial charge in [0.2, 0.25) is 0 Å². The molecule has 5 rings (SSSR count). The van der Waals surface area contributed by atoms with E-state index < -0.39 is 102 Å². The van der Waals surface area contributed by atoms with Crippen LogP contribution in [0.4, 0.5) is 0 Å². The number of nitrogens with zero attached hydrogens (tertiary/aromatic N) is 2. The van der Waals surface area contributed by atoms with Crippen molar-refractivity contribution in [3.05, 3.63) is 71.8 Å². The Bertz CT molecular complexity index is 1850. The van der Waals surface area contributed by atoms with Gasteiger partial charge in [-0.3, -0.25) is 4.79 Å². The third kappa shape index (κ3) is 13.0. The summed E-state index contributed by atoms with van der Waals surface area (Å²) in [4.78, 5) is 22.9. The fourth-order valence-corrected chi connectivity index (χ4v) is 10.5. The van der Waals surface area contributed by atoms with Crippen molar-refractivity contribution >= 4 is 11.7 Å². The fourth-order valence-electron chi connectivity index (χ4n) is 10.5. The predicted octanol–water partition coefficient (Wildman–Crippen LogP) is 6.67. The molecule has 0 spiro atoms. The van der Waals surface area contributed by atoms with Crippen LogP contribution in [-0.2, 0) is 60.7 Å². The van der Waals surface area contributed by atoms with Crippen LogP contribution in [0, 0.1) is 23.7 Å². The molecular formula is C52H82N2O13. The van der Waals surface area contributed by atoms with Gasteiger partial charge in [-0.15, -0.1) is 0 Å². The molecule has 18 atom stereocenters. The van der Waals surface area contributed by atoms with E-state index >= 15 is 0 Å². The summed E-state index contributed by atoms with van der Waals surface area (Å²) in [6.45, 7) is 18.7. The van der Waals surface area contributed by atoms with Gasteiger partial charge in [-0.05, 0) is 86.0 Å². The highest BCUT2D eigenvalue weighted by atomic mass is 16.7. The third-order valence-electron chi connectivity index (χ3n) is 14.8. The number of methoxy groups -OCH3 is 2. The van der Waals surface area contributed by atoms with E-state index in [0.29, 0.717) is 18.7 Å². The molecule has 2 aromatic carbocycles. The van der Waals surface area contributed by atoms with Gasteiger partial charge in [-0.1, -0.05) is 93.5 Å². The minimum absolute atomic E-state index is 0.100. The maximum atomic E-state index is 14.7. The average molecular weight is 943 g/mol. The minimum atomic E-state index is -1.92. The quantitative estimate of drug-likeness (QED) is 0.135. The van der Waals surface area contributed by atoms with E-state index in [1.165, 1.54) is 14.0 Å². The Balaban J connectivity index is 1.67. The van der Waals surface area contributed by atoms with Gasteiger partial charge in [-0.2, -0.15) is 0 Å². The van der Waals surface area contributed by atoms with Crippen molar-refractivity contribution in [3.63, 3.8) is 0 Å². The van der Waals surface area contributed by atoms with Crippen LogP contribution >= 0.6 is 0 Å². The van der Waals surface area contributed by atoms with Gasteiger partial charge in [0.25, 0.3) is 0 Å². The van der Waals surface area contributed by atoms with Crippen LogP contribution in [0.2, 0.25) is 0 Å². The minimum Gasteiger partial charge on any atom is -0.459 e. The van der Waals surface area contributed by atoms with Gasteiger partial charge >= 0.3 is 5.97 Å². The molecule has 3 saturated heterocycles.